The van der Waals surface area contributed by atoms with Gasteiger partial charge in [0.25, 0.3) is 0 Å². The minimum absolute atomic E-state index is 0. The molecule has 39 heavy (non-hydrogen) atoms. The van der Waals surface area contributed by atoms with Gasteiger partial charge >= 0.3 is 138 Å². The predicted octanol–water partition coefficient (Wildman–Crippen LogP) is -15.4. The van der Waals surface area contributed by atoms with Crippen molar-refractivity contribution in [3.05, 3.63) is 0 Å². The van der Waals surface area contributed by atoms with Crippen molar-refractivity contribution in [1.82, 2.24) is 0 Å². The summed E-state index contributed by atoms with van der Waals surface area (Å²) in [7, 11) is -14.5. The third kappa shape index (κ3) is 54.3. The Bertz CT molecular complexity index is 985. The van der Waals surface area contributed by atoms with Gasteiger partial charge in [-0.3, -0.25) is 28.0 Å². The summed E-state index contributed by atoms with van der Waals surface area (Å²) >= 11 is 0. The molecule has 0 aliphatic carbocycles. The van der Waals surface area contributed by atoms with Crippen LogP contribution in [0.3, 0.4) is 0 Å². The Morgan fingerprint density at radius 3 is 0.692 bits per heavy atom. The molecule has 21 nitrogen and oxygen atoms in total. The second kappa shape index (κ2) is 25.3. The van der Waals surface area contributed by atoms with Gasteiger partial charge in [-0.05, 0) is 19.3 Å². The zero-order valence-electron chi connectivity index (χ0n) is 20.2. The van der Waals surface area contributed by atoms with Gasteiger partial charge in [-0.25, -0.2) is 0 Å². The summed E-state index contributed by atoms with van der Waals surface area (Å²) in [4.78, 5) is 60.1. The van der Waals surface area contributed by atoms with Crippen molar-refractivity contribution in [3.8, 4) is 0 Å². The van der Waals surface area contributed by atoms with Crippen LogP contribution < -0.4 is 104 Å². The van der Waals surface area contributed by atoms with Gasteiger partial charge in [0, 0.05) is 17.9 Å². The van der Waals surface area contributed by atoms with Gasteiger partial charge in [0.05, 0.1) is 19.3 Å². The number of carboxylic acid groups (broad SMARTS) is 3. The van der Waals surface area contributed by atoms with Gasteiger partial charge in [-0.2, -0.15) is 25.3 Å². The number of carboxylic acids is 3. The average molecular weight is 660 g/mol. The first kappa shape index (κ1) is 51.3. The van der Waals surface area contributed by atoms with Crippen molar-refractivity contribution >= 4 is 67.0 Å². The molecule has 0 unspecified atom stereocenters. The van der Waals surface area contributed by atoms with E-state index in [2.05, 4.69) is 12.5 Å². The Morgan fingerprint density at radius 2 is 0.590 bits per heavy atom. The number of rotatable bonds is 12. The summed E-state index contributed by atoms with van der Waals surface area (Å²) in [5.74, 6) is -8.57. The SMILES string of the molecule is O=C([O-])CCC(=O)OS(=O)(=O)O.O=C([O-])CCC(=O)OS(=O)(=O)O.O=C([O-])CCC(=O)OS(=O)(=O)O.[Na+].[Na+].[Na+]. The minimum atomic E-state index is -4.83. The molecule has 0 bridgehead atoms. The standard InChI is InChI=1S/3C4H6O7S.3Na/c3*5-3(6)1-2-4(7)11-12(8,9)10;;;/h3*1-2H2,(H,5,6)(H,8,9,10);;;/q;;;3*+1/p-3. The van der Waals surface area contributed by atoms with Crippen LogP contribution in [0.2, 0.25) is 0 Å². The molecule has 0 aromatic rings. The number of aliphatic carboxylic acids is 3. The molecule has 210 valence electrons. The number of carbonyl (C=O) groups is 6. The molecule has 0 aliphatic rings. The van der Waals surface area contributed by atoms with Gasteiger partial charge in [-0.15, -0.1) is 0 Å². The topological polar surface area (TPSA) is 362 Å². The van der Waals surface area contributed by atoms with E-state index in [9.17, 15) is 69.3 Å². The smallest absolute Gasteiger partial charge is 0.550 e. The van der Waals surface area contributed by atoms with Crippen molar-refractivity contribution in [2.75, 3.05) is 0 Å². The molecule has 0 rings (SSSR count). The molecule has 0 amide bonds. The van der Waals surface area contributed by atoms with Crippen LogP contribution in [-0.2, 0) is 72.5 Å². The van der Waals surface area contributed by atoms with Crippen molar-refractivity contribution in [3.63, 3.8) is 0 Å². The van der Waals surface area contributed by atoms with Crippen LogP contribution in [0.25, 0.3) is 0 Å². The van der Waals surface area contributed by atoms with Gasteiger partial charge in [0.15, 0.2) is 0 Å². The summed E-state index contributed by atoms with van der Waals surface area (Å²) < 4.78 is 92.9. The normalized spacial score (nSPS) is 9.92. The number of carbonyl (C=O) groups excluding carboxylic acids is 6. The van der Waals surface area contributed by atoms with E-state index in [1.165, 1.54) is 0 Å². The molecular formula is C12H15Na3O21S3. The summed E-state index contributed by atoms with van der Waals surface area (Å²) in [6.45, 7) is 0. The zero-order chi connectivity index (χ0) is 29.3. The molecule has 3 N–H and O–H groups in total. The van der Waals surface area contributed by atoms with Crippen LogP contribution in [0.5, 0.6) is 0 Å². The van der Waals surface area contributed by atoms with Crippen LogP contribution in [0.15, 0.2) is 0 Å². The average Bonchev–Trinajstić information content (AvgIpc) is 2.60. The molecule has 0 atom stereocenters. The summed E-state index contributed by atoms with van der Waals surface area (Å²) in [5.41, 5.74) is 0. The fourth-order valence-electron chi connectivity index (χ4n) is 1.09. The van der Waals surface area contributed by atoms with Gasteiger partial charge in [-0.1, -0.05) is 0 Å². The molecule has 0 aromatic carbocycles. The molecule has 0 radical (unpaired) electrons. The molecule has 0 aromatic heterocycles. The predicted molar refractivity (Wildman–Crippen MR) is 95.6 cm³/mol. The summed E-state index contributed by atoms with van der Waals surface area (Å²) in [6.07, 6.45) is -3.97. The molecular weight excluding hydrogens is 645 g/mol. The van der Waals surface area contributed by atoms with E-state index in [-0.39, 0.29) is 88.7 Å². The molecule has 0 fully saturated rings. The Hall–Kier alpha value is -0.450. The Morgan fingerprint density at radius 1 is 0.436 bits per heavy atom. The largest absolute Gasteiger partial charge is 1.00 e. The first-order valence-corrected chi connectivity index (χ1v) is 12.2. The quantitative estimate of drug-likeness (QED) is 0.129. The first-order chi connectivity index (χ1) is 15.9. The zero-order valence-corrected chi connectivity index (χ0v) is 28.6. The maximum atomic E-state index is 10.3. The van der Waals surface area contributed by atoms with Crippen molar-refractivity contribution in [2.24, 2.45) is 0 Å². The third-order valence-corrected chi connectivity index (χ3v) is 3.38. The maximum absolute atomic E-state index is 10.3. The van der Waals surface area contributed by atoms with E-state index in [1.54, 1.807) is 0 Å². The van der Waals surface area contributed by atoms with E-state index < -0.39 is 106 Å². The monoisotopic (exact) mass is 660 g/mol. The molecule has 0 heterocycles. The third-order valence-electron chi connectivity index (χ3n) is 2.19. The van der Waals surface area contributed by atoms with Crippen LogP contribution in [0, 0.1) is 0 Å². The number of hydrogen-bond acceptors (Lipinski definition) is 18. The Labute approximate surface area is 286 Å². The van der Waals surface area contributed by atoms with Crippen molar-refractivity contribution in [2.45, 2.75) is 38.5 Å². The Balaban J connectivity index is -0.000000101. The molecule has 27 heteroatoms. The fraction of sp³-hybridized carbons (Fsp3) is 0.500. The van der Waals surface area contributed by atoms with E-state index >= 15 is 0 Å². The van der Waals surface area contributed by atoms with E-state index in [4.69, 9.17) is 13.7 Å². The first-order valence-electron chi connectivity index (χ1n) is 8.12. The van der Waals surface area contributed by atoms with Crippen LogP contribution in [0.4, 0.5) is 0 Å². The van der Waals surface area contributed by atoms with Gasteiger partial charge in [0.1, 0.15) is 0 Å². The second-order valence-electron chi connectivity index (χ2n) is 5.27. The second-order valence-corrected chi connectivity index (χ2v) is 8.33. The minimum Gasteiger partial charge on any atom is -0.550 e. The van der Waals surface area contributed by atoms with Crippen LogP contribution >= 0.6 is 0 Å². The van der Waals surface area contributed by atoms with Crippen LogP contribution in [-0.4, -0.2) is 74.7 Å². The van der Waals surface area contributed by atoms with Crippen LogP contribution in [0.1, 0.15) is 38.5 Å². The summed E-state index contributed by atoms with van der Waals surface area (Å²) in [6, 6.07) is 0. The van der Waals surface area contributed by atoms with Gasteiger partial charge < -0.3 is 42.3 Å². The van der Waals surface area contributed by atoms with Gasteiger partial charge in [0.2, 0.25) is 0 Å². The summed E-state index contributed by atoms with van der Waals surface area (Å²) in [5, 5.41) is 29.2. The Kier molecular flexibility index (Phi) is 33.2. The molecule has 0 saturated heterocycles. The fourth-order valence-corrected chi connectivity index (χ4v) is 2.04. The maximum Gasteiger partial charge on any atom is 1.00 e. The van der Waals surface area contributed by atoms with Crippen molar-refractivity contribution in [1.29, 1.82) is 0 Å². The molecule has 0 saturated carbocycles. The van der Waals surface area contributed by atoms with E-state index in [1.807, 2.05) is 0 Å². The van der Waals surface area contributed by atoms with Crippen molar-refractivity contribution < 1.29 is 184 Å². The molecule has 0 spiro atoms. The van der Waals surface area contributed by atoms with E-state index in [0.29, 0.717) is 0 Å². The number of hydrogen-bond donors (Lipinski definition) is 3. The van der Waals surface area contributed by atoms with E-state index in [0.717, 1.165) is 0 Å². The molecule has 0 aliphatic heterocycles.